The molecule has 2 heterocycles. The second kappa shape index (κ2) is 8.43. The number of nitrogens with zero attached hydrogens (tertiary/aromatic N) is 2. The standard InChI is InChI=1S/C18H26N4O3S2/c1-8(2)19-17(25)20-14(23)12(7)27-18-21-15-13(10(5)11(6)26-15)16(24)22(18)9(3)4/h8-9,12H,1-7H3,(H2,19,20,23,25)/t12-/m1/s1. The lowest BCUT2D eigenvalue weighted by molar-refractivity contribution is -0.119. The largest absolute Gasteiger partial charge is 0.336 e. The minimum Gasteiger partial charge on any atom is -0.336 e. The lowest BCUT2D eigenvalue weighted by atomic mass is 10.2. The van der Waals surface area contributed by atoms with Crippen LogP contribution < -0.4 is 16.2 Å². The quantitative estimate of drug-likeness (QED) is 0.582. The highest BCUT2D eigenvalue weighted by molar-refractivity contribution is 8.00. The highest BCUT2D eigenvalue weighted by Gasteiger charge is 2.23. The van der Waals surface area contributed by atoms with Gasteiger partial charge in [-0.25, -0.2) is 9.78 Å². The third kappa shape index (κ3) is 4.70. The Bertz CT molecular complexity index is 931. The summed E-state index contributed by atoms with van der Waals surface area (Å²) in [6.07, 6.45) is 0. The van der Waals surface area contributed by atoms with Crippen molar-refractivity contribution in [2.45, 2.75) is 71.0 Å². The molecule has 2 N–H and O–H groups in total. The molecule has 2 aromatic rings. The number of fused-ring (bicyclic) bond motifs is 1. The lowest BCUT2D eigenvalue weighted by Gasteiger charge is -2.18. The molecule has 1 atom stereocenters. The maximum Gasteiger partial charge on any atom is 0.321 e. The molecule has 0 fully saturated rings. The van der Waals surface area contributed by atoms with Gasteiger partial charge < -0.3 is 5.32 Å². The van der Waals surface area contributed by atoms with Crippen LogP contribution in [0.3, 0.4) is 0 Å². The summed E-state index contributed by atoms with van der Waals surface area (Å²) < 4.78 is 1.62. The third-order valence-electron chi connectivity index (χ3n) is 4.03. The van der Waals surface area contributed by atoms with Crippen molar-refractivity contribution < 1.29 is 9.59 Å². The zero-order valence-corrected chi connectivity index (χ0v) is 18.3. The SMILES string of the molecule is Cc1sc2nc(S[C@H](C)C(=O)NC(=O)NC(C)C)n(C(C)C)c(=O)c2c1C. The van der Waals surface area contributed by atoms with Crippen molar-refractivity contribution in [3.05, 3.63) is 20.8 Å². The van der Waals surface area contributed by atoms with E-state index < -0.39 is 17.2 Å². The number of urea groups is 1. The Labute approximate surface area is 166 Å². The molecule has 0 radical (unpaired) electrons. The topological polar surface area (TPSA) is 93.1 Å². The summed E-state index contributed by atoms with van der Waals surface area (Å²) in [6, 6.07) is -0.700. The third-order valence-corrected chi connectivity index (χ3v) is 6.19. The van der Waals surface area contributed by atoms with Crippen LogP contribution in [0.1, 0.15) is 51.1 Å². The number of thioether (sulfide) groups is 1. The number of rotatable bonds is 5. The molecule has 0 saturated carbocycles. The van der Waals surface area contributed by atoms with Gasteiger partial charge in [0.2, 0.25) is 5.91 Å². The number of hydrogen-bond acceptors (Lipinski definition) is 6. The summed E-state index contributed by atoms with van der Waals surface area (Å²) in [5.74, 6) is -0.429. The maximum absolute atomic E-state index is 13.0. The van der Waals surface area contributed by atoms with Crippen molar-refractivity contribution in [1.82, 2.24) is 20.2 Å². The number of amides is 3. The van der Waals surface area contributed by atoms with Gasteiger partial charge in [0.1, 0.15) is 4.83 Å². The summed E-state index contributed by atoms with van der Waals surface area (Å²) in [4.78, 5) is 43.5. The van der Waals surface area contributed by atoms with Gasteiger partial charge in [-0.05, 0) is 54.0 Å². The first kappa shape index (κ1) is 21.4. The first-order valence-electron chi connectivity index (χ1n) is 8.83. The van der Waals surface area contributed by atoms with Crippen molar-refractivity contribution in [3.63, 3.8) is 0 Å². The van der Waals surface area contributed by atoms with E-state index in [1.54, 1.807) is 11.5 Å². The van der Waals surface area contributed by atoms with Gasteiger partial charge in [0, 0.05) is 17.0 Å². The van der Waals surface area contributed by atoms with E-state index in [1.807, 2.05) is 41.5 Å². The number of thiophene rings is 1. The molecule has 0 saturated heterocycles. The second-order valence-electron chi connectivity index (χ2n) is 7.00. The molecule has 0 aliphatic carbocycles. The van der Waals surface area contributed by atoms with Crippen LogP contribution in [-0.2, 0) is 4.79 Å². The van der Waals surface area contributed by atoms with Crippen molar-refractivity contribution in [2.24, 2.45) is 0 Å². The van der Waals surface area contributed by atoms with Gasteiger partial charge >= 0.3 is 6.03 Å². The smallest absolute Gasteiger partial charge is 0.321 e. The van der Waals surface area contributed by atoms with Crippen molar-refractivity contribution in [2.75, 3.05) is 0 Å². The van der Waals surface area contributed by atoms with Gasteiger partial charge in [-0.3, -0.25) is 19.5 Å². The average molecular weight is 411 g/mol. The Morgan fingerprint density at radius 2 is 1.78 bits per heavy atom. The second-order valence-corrected chi connectivity index (χ2v) is 9.52. The summed E-state index contributed by atoms with van der Waals surface area (Å²) >= 11 is 2.66. The van der Waals surface area contributed by atoms with Crippen LogP contribution in [-0.4, -0.2) is 32.8 Å². The molecule has 27 heavy (non-hydrogen) atoms. The molecule has 0 bridgehead atoms. The molecule has 9 heteroatoms. The van der Waals surface area contributed by atoms with Crippen LogP contribution in [0, 0.1) is 13.8 Å². The first-order chi connectivity index (χ1) is 12.5. The predicted octanol–water partition coefficient (Wildman–Crippen LogP) is 3.37. The van der Waals surface area contributed by atoms with E-state index in [-0.39, 0.29) is 17.6 Å². The molecule has 3 amide bonds. The Morgan fingerprint density at radius 3 is 2.33 bits per heavy atom. The lowest BCUT2D eigenvalue weighted by Crippen LogP contribution is -2.45. The molecule has 0 aromatic carbocycles. The van der Waals surface area contributed by atoms with Crippen LogP contribution in [0.15, 0.2) is 9.95 Å². The average Bonchev–Trinajstić information content (AvgIpc) is 2.80. The van der Waals surface area contributed by atoms with Crippen LogP contribution in [0.25, 0.3) is 10.2 Å². The first-order valence-corrected chi connectivity index (χ1v) is 10.5. The Balaban J connectivity index is 2.35. The molecule has 2 rings (SSSR count). The summed E-state index contributed by atoms with van der Waals surface area (Å²) in [5, 5.41) is 5.48. The Kier molecular flexibility index (Phi) is 6.69. The predicted molar refractivity (Wildman–Crippen MR) is 111 cm³/mol. The summed E-state index contributed by atoms with van der Waals surface area (Å²) in [5.41, 5.74) is 0.860. The van der Waals surface area contributed by atoms with E-state index in [1.165, 1.54) is 23.1 Å². The van der Waals surface area contributed by atoms with Crippen LogP contribution in [0.2, 0.25) is 0 Å². The fourth-order valence-corrected chi connectivity index (χ4v) is 4.66. The van der Waals surface area contributed by atoms with Gasteiger partial charge in [0.15, 0.2) is 5.16 Å². The van der Waals surface area contributed by atoms with Crippen LogP contribution in [0.4, 0.5) is 4.79 Å². The number of imide groups is 1. The molecule has 2 aromatic heterocycles. The summed E-state index contributed by atoms with van der Waals surface area (Å²) in [6.45, 7) is 13.0. The van der Waals surface area contributed by atoms with Gasteiger partial charge in [-0.2, -0.15) is 0 Å². The zero-order valence-electron chi connectivity index (χ0n) is 16.7. The van der Waals surface area contributed by atoms with E-state index in [4.69, 9.17) is 0 Å². The molecule has 0 aliphatic heterocycles. The molecule has 148 valence electrons. The van der Waals surface area contributed by atoms with E-state index in [9.17, 15) is 14.4 Å². The van der Waals surface area contributed by atoms with Crippen LogP contribution >= 0.6 is 23.1 Å². The van der Waals surface area contributed by atoms with Crippen molar-refractivity contribution in [1.29, 1.82) is 0 Å². The molecule has 7 nitrogen and oxygen atoms in total. The normalized spacial score (nSPS) is 12.6. The maximum atomic E-state index is 13.0. The van der Waals surface area contributed by atoms with Gasteiger partial charge in [-0.15, -0.1) is 11.3 Å². The molecular formula is C18H26N4O3S2. The minimum absolute atomic E-state index is 0.0683. The van der Waals surface area contributed by atoms with Gasteiger partial charge in [-0.1, -0.05) is 11.8 Å². The number of aromatic nitrogens is 2. The highest BCUT2D eigenvalue weighted by Crippen LogP contribution is 2.30. The van der Waals surface area contributed by atoms with E-state index in [2.05, 4.69) is 15.6 Å². The monoisotopic (exact) mass is 410 g/mol. The fourth-order valence-electron chi connectivity index (χ4n) is 2.55. The number of nitrogens with one attached hydrogen (secondary N) is 2. The fraction of sp³-hybridized carbons (Fsp3) is 0.556. The number of hydrogen-bond donors (Lipinski definition) is 2. The molecule has 0 spiro atoms. The molecule has 0 unspecified atom stereocenters. The molecular weight excluding hydrogens is 384 g/mol. The molecule has 0 aliphatic rings. The zero-order chi connectivity index (χ0) is 20.5. The van der Waals surface area contributed by atoms with E-state index in [0.29, 0.717) is 15.4 Å². The van der Waals surface area contributed by atoms with E-state index in [0.717, 1.165) is 10.4 Å². The Morgan fingerprint density at radius 1 is 1.15 bits per heavy atom. The number of carbonyl (C=O) groups excluding carboxylic acids is 2. The van der Waals surface area contributed by atoms with Crippen molar-refractivity contribution >= 4 is 45.3 Å². The van der Waals surface area contributed by atoms with Crippen molar-refractivity contribution in [3.8, 4) is 0 Å². The Hall–Kier alpha value is -1.87. The van der Waals surface area contributed by atoms with Gasteiger partial charge in [0.25, 0.3) is 5.56 Å². The number of carbonyl (C=O) groups is 2. The summed E-state index contributed by atoms with van der Waals surface area (Å²) in [7, 11) is 0. The minimum atomic E-state index is -0.584. The number of aryl methyl sites for hydroxylation is 2. The van der Waals surface area contributed by atoms with Crippen LogP contribution in [0.5, 0.6) is 0 Å². The van der Waals surface area contributed by atoms with E-state index >= 15 is 0 Å². The van der Waals surface area contributed by atoms with Gasteiger partial charge in [0.05, 0.1) is 10.6 Å². The highest BCUT2D eigenvalue weighted by atomic mass is 32.2.